The maximum atomic E-state index is 12.3. The fourth-order valence-corrected chi connectivity index (χ4v) is 2.52. The molecule has 6 heteroatoms. The number of methoxy groups -OCH3 is 1. The van der Waals surface area contributed by atoms with Crippen molar-refractivity contribution in [1.29, 1.82) is 0 Å². The van der Waals surface area contributed by atoms with Crippen LogP contribution in [0.5, 0.6) is 5.75 Å². The summed E-state index contributed by atoms with van der Waals surface area (Å²) in [5.41, 5.74) is 0.769. The molecule has 0 spiro atoms. The van der Waals surface area contributed by atoms with Crippen LogP contribution in [0.4, 0.5) is 10.5 Å². The highest BCUT2D eigenvalue weighted by atomic mass is 16.5. The van der Waals surface area contributed by atoms with Gasteiger partial charge in [0.1, 0.15) is 5.75 Å². The largest absolute Gasteiger partial charge is 0.497 e. The normalized spacial score (nSPS) is 15.5. The standard InChI is InChI=1S/C17H26N2O4/c1-3-22-12-13-23-16-8-10-19(11-9-16)17(20)18-14-4-6-15(21-2)7-5-14/h4-7,16H,3,8-13H2,1-2H3,(H,18,20). The summed E-state index contributed by atoms with van der Waals surface area (Å²) in [6.07, 6.45) is 1.95. The van der Waals surface area contributed by atoms with Gasteiger partial charge in [-0.2, -0.15) is 0 Å². The number of carbonyl (C=O) groups excluding carboxylic acids is 1. The smallest absolute Gasteiger partial charge is 0.321 e. The SMILES string of the molecule is CCOCCOC1CCN(C(=O)Nc2ccc(OC)cc2)CC1. The van der Waals surface area contributed by atoms with Crippen LogP contribution < -0.4 is 10.1 Å². The van der Waals surface area contributed by atoms with Crippen molar-refractivity contribution in [1.82, 2.24) is 4.90 Å². The van der Waals surface area contributed by atoms with Crippen LogP contribution in [0.3, 0.4) is 0 Å². The summed E-state index contributed by atoms with van der Waals surface area (Å²) in [5, 5.41) is 2.91. The van der Waals surface area contributed by atoms with Gasteiger partial charge < -0.3 is 24.4 Å². The molecule has 0 radical (unpaired) electrons. The summed E-state index contributed by atoms with van der Waals surface area (Å²) in [5.74, 6) is 0.771. The van der Waals surface area contributed by atoms with E-state index < -0.39 is 0 Å². The highest BCUT2D eigenvalue weighted by Crippen LogP contribution is 2.18. The highest BCUT2D eigenvalue weighted by Gasteiger charge is 2.23. The molecule has 1 N–H and O–H groups in total. The summed E-state index contributed by atoms with van der Waals surface area (Å²) in [4.78, 5) is 14.1. The summed E-state index contributed by atoms with van der Waals surface area (Å²) in [6, 6.07) is 7.26. The van der Waals surface area contributed by atoms with E-state index in [1.54, 1.807) is 7.11 Å². The van der Waals surface area contributed by atoms with Crippen LogP contribution in [0.15, 0.2) is 24.3 Å². The van der Waals surface area contributed by atoms with Gasteiger partial charge in [0, 0.05) is 25.4 Å². The van der Waals surface area contributed by atoms with Crippen molar-refractivity contribution in [2.45, 2.75) is 25.9 Å². The van der Waals surface area contributed by atoms with Crippen molar-refractivity contribution in [2.24, 2.45) is 0 Å². The van der Waals surface area contributed by atoms with Gasteiger partial charge in [0.05, 0.1) is 26.4 Å². The number of anilines is 1. The zero-order valence-electron chi connectivity index (χ0n) is 13.9. The highest BCUT2D eigenvalue weighted by molar-refractivity contribution is 5.89. The Hall–Kier alpha value is -1.79. The first-order valence-corrected chi connectivity index (χ1v) is 8.12. The molecule has 1 aromatic carbocycles. The first-order chi connectivity index (χ1) is 11.2. The molecule has 2 amide bonds. The van der Waals surface area contributed by atoms with Gasteiger partial charge in [-0.3, -0.25) is 0 Å². The fourth-order valence-electron chi connectivity index (χ4n) is 2.52. The van der Waals surface area contributed by atoms with E-state index in [0.717, 1.165) is 24.3 Å². The minimum atomic E-state index is -0.0667. The average molecular weight is 322 g/mol. The molecule has 6 nitrogen and oxygen atoms in total. The Balaban J connectivity index is 1.70. The number of amides is 2. The Labute approximate surface area is 137 Å². The quantitative estimate of drug-likeness (QED) is 0.784. The number of ether oxygens (including phenoxy) is 3. The van der Waals surface area contributed by atoms with Crippen LogP contribution in [0.25, 0.3) is 0 Å². The zero-order chi connectivity index (χ0) is 16.5. The predicted molar refractivity (Wildman–Crippen MR) is 89.1 cm³/mol. The van der Waals surface area contributed by atoms with E-state index in [2.05, 4.69) is 5.32 Å². The van der Waals surface area contributed by atoms with Gasteiger partial charge in [0.25, 0.3) is 0 Å². The van der Waals surface area contributed by atoms with E-state index in [4.69, 9.17) is 14.2 Å². The lowest BCUT2D eigenvalue weighted by Gasteiger charge is -2.32. The molecule has 2 rings (SSSR count). The van der Waals surface area contributed by atoms with Crippen LogP contribution in [0, 0.1) is 0 Å². The second kappa shape index (κ2) is 9.37. The number of carbonyl (C=O) groups is 1. The van der Waals surface area contributed by atoms with Crippen molar-refractivity contribution in [3.05, 3.63) is 24.3 Å². The predicted octanol–water partition coefficient (Wildman–Crippen LogP) is 2.74. The second-order valence-electron chi connectivity index (χ2n) is 5.41. The van der Waals surface area contributed by atoms with E-state index in [1.165, 1.54) is 0 Å². The maximum absolute atomic E-state index is 12.3. The number of benzene rings is 1. The molecule has 0 aliphatic carbocycles. The Bertz CT molecular complexity index is 470. The molecule has 0 unspecified atom stereocenters. The first-order valence-electron chi connectivity index (χ1n) is 8.12. The van der Waals surface area contributed by atoms with Crippen LogP contribution >= 0.6 is 0 Å². The van der Waals surface area contributed by atoms with Gasteiger partial charge in [0.2, 0.25) is 0 Å². The summed E-state index contributed by atoms with van der Waals surface area (Å²) in [7, 11) is 1.62. The average Bonchev–Trinajstić information content (AvgIpc) is 2.60. The van der Waals surface area contributed by atoms with Crippen molar-refractivity contribution >= 4 is 11.7 Å². The molecule has 1 aliphatic heterocycles. The zero-order valence-corrected chi connectivity index (χ0v) is 13.9. The number of nitrogens with zero attached hydrogens (tertiary/aromatic N) is 1. The van der Waals surface area contributed by atoms with Crippen LogP contribution in [-0.2, 0) is 9.47 Å². The van der Waals surface area contributed by atoms with Crippen molar-refractivity contribution in [3.8, 4) is 5.75 Å². The van der Waals surface area contributed by atoms with Crippen LogP contribution in [-0.4, -0.2) is 57.1 Å². The number of hydrogen-bond acceptors (Lipinski definition) is 4. The number of likely N-dealkylation sites (tertiary alicyclic amines) is 1. The molecular weight excluding hydrogens is 296 g/mol. The molecule has 1 aliphatic rings. The van der Waals surface area contributed by atoms with Gasteiger partial charge in [-0.05, 0) is 44.0 Å². The van der Waals surface area contributed by atoms with E-state index in [9.17, 15) is 4.79 Å². The van der Waals surface area contributed by atoms with E-state index >= 15 is 0 Å². The minimum absolute atomic E-state index is 0.0667. The van der Waals surface area contributed by atoms with Gasteiger partial charge >= 0.3 is 6.03 Å². The van der Waals surface area contributed by atoms with Gasteiger partial charge in [-0.25, -0.2) is 4.79 Å². The number of hydrogen-bond donors (Lipinski definition) is 1. The molecule has 1 heterocycles. The molecular formula is C17H26N2O4. The Morgan fingerprint density at radius 3 is 2.52 bits per heavy atom. The van der Waals surface area contributed by atoms with Gasteiger partial charge in [-0.15, -0.1) is 0 Å². The van der Waals surface area contributed by atoms with Crippen molar-refractivity contribution in [2.75, 3.05) is 45.3 Å². The van der Waals surface area contributed by atoms with Crippen LogP contribution in [0.1, 0.15) is 19.8 Å². The van der Waals surface area contributed by atoms with Crippen molar-refractivity contribution < 1.29 is 19.0 Å². The molecule has 1 aromatic rings. The third kappa shape index (κ3) is 5.73. The van der Waals surface area contributed by atoms with Crippen LogP contribution in [0.2, 0.25) is 0 Å². The Morgan fingerprint density at radius 2 is 1.91 bits per heavy atom. The number of nitrogens with one attached hydrogen (secondary N) is 1. The number of rotatable bonds is 7. The van der Waals surface area contributed by atoms with Gasteiger partial charge in [-0.1, -0.05) is 0 Å². The fraction of sp³-hybridized carbons (Fsp3) is 0.588. The maximum Gasteiger partial charge on any atom is 0.321 e. The van der Waals surface area contributed by atoms with Gasteiger partial charge in [0.15, 0.2) is 0 Å². The third-order valence-electron chi connectivity index (χ3n) is 3.86. The topological polar surface area (TPSA) is 60.0 Å². The van der Waals surface area contributed by atoms with E-state index in [0.29, 0.717) is 32.9 Å². The van der Waals surface area contributed by atoms with E-state index in [-0.39, 0.29) is 12.1 Å². The monoisotopic (exact) mass is 322 g/mol. The van der Waals surface area contributed by atoms with Crippen molar-refractivity contribution in [3.63, 3.8) is 0 Å². The molecule has 1 saturated heterocycles. The summed E-state index contributed by atoms with van der Waals surface area (Å²) < 4.78 is 16.1. The molecule has 0 saturated carbocycles. The lowest BCUT2D eigenvalue weighted by molar-refractivity contribution is -0.0152. The summed E-state index contributed by atoms with van der Waals surface area (Å²) in [6.45, 7) is 5.36. The summed E-state index contributed by atoms with van der Waals surface area (Å²) >= 11 is 0. The molecule has 0 atom stereocenters. The lowest BCUT2D eigenvalue weighted by atomic mass is 10.1. The Kier molecular flexibility index (Phi) is 7.16. The lowest BCUT2D eigenvalue weighted by Crippen LogP contribution is -2.43. The number of urea groups is 1. The molecule has 128 valence electrons. The molecule has 0 aromatic heterocycles. The van der Waals surface area contributed by atoms with E-state index in [1.807, 2.05) is 36.1 Å². The number of piperidine rings is 1. The molecule has 23 heavy (non-hydrogen) atoms. The first kappa shape index (κ1) is 17.6. The Morgan fingerprint density at radius 1 is 1.22 bits per heavy atom. The third-order valence-corrected chi connectivity index (χ3v) is 3.86. The second-order valence-corrected chi connectivity index (χ2v) is 5.41. The molecule has 0 bridgehead atoms. The minimum Gasteiger partial charge on any atom is -0.497 e. The molecule has 1 fully saturated rings.